The molecule has 0 unspecified atom stereocenters. The predicted octanol–water partition coefficient (Wildman–Crippen LogP) is 4.36. The van der Waals surface area contributed by atoms with E-state index in [-0.39, 0.29) is 0 Å². The standard InChI is InChI=1S/C17H15Cl2N3/c18-15-7-14(8-16(19)9-15)17-21-4-5-22(17)11-13-3-1-2-12(6-13)10-20/h1-9H,10-11,20H2. The van der Waals surface area contributed by atoms with Gasteiger partial charge in [0.2, 0.25) is 0 Å². The molecule has 1 heterocycles. The molecule has 2 N–H and O–H groups in total. The van der Waals surface area contributed by atoms with Gasteiger partial charge in [-0.3, -0.25) is 0 Å². The van der Waals surface area contributed by atoms with E-state index in [9.17, 15) is 0 Å². The summed E-state index contributed by atoms with van der Waals surface area (Å²) >= 11 is 12.2. The molecule has 0 amide bonds. The predicted molar refractivity (Wildman–Crippen MR) is 91.1 cm³/mol. The first-order valence-electron chi connectivity index (χ1n) is 6.91. The fourth-order valence-corrected chi connectivity index (χ4v) is 2.96. The number of benzene rings is 2. The molecular weight excluding hydrogens is 317 g/mol. The van der Waals surface area contributed by atoms with Gasteiger partial charge in [0.15, 0.2) is 0 Å². The van der Waals surface area contributed by atoms with Crippen LogP contribution < -0.4 is 5.73 Å². The van der Waals surface area contributed by atoms with E-state index in [1.165, 1.54) is 5.56 Å². The Labute approximate surface area is 139 Å². The molecule has 0 aliphatic heterocycles. The zero-order chi connectivity index (χ0) is 15.5. The smallest absolute Gasteiger partial charge is 0.140 e. The van der Waals surface area contributed by atoms with E-state index in [4.69, 9.17) is 28.9 Å². The molecule has 5 heteroatoms. The van der Waals surface area contributed by atoms with Crippen molar-refractivity contribution in [2.75, 3.05) is 0 Å². The van der Waals surface area contributed by atoms with Crippen molar-refractivity contribution in [1.82, 2.24) is 9.55 Å². The molecule has 22 heavy (non-hydrogen) atoms. The van der Waals surface area contributed by atoms with Gasteiger partial charge in [0, 0.05) is 41.1 Å². The Balaban J connectivity index is 1.94. The molecule has 112 valence electrons. The van der Waals surface area contributed by atoms with Gasteiger partial charge >= 0.3 is 0 Å². The van der Waals surface area contributed by atoms with Crippen LogP contribution in [0.3, 0.4) is 0 Å². The van der Waals surface area contributed by atoms with Crippen molar-refractivity contribution in [2.24, 2.45) is 5.73 Å². The Hall–Kier alpha value is -1.81. The first-order valence-corrected chi connectivity index (χ1v) is 7.67. The number of hydrogen-bond donors (Lipinski definition) is 1. The van der Waals surface area contributed by atoms with Gasteiger partial charge in [-0.25, -0.2) is 4.98 Å². The van der Waals surface area contributed by atoms with Crippen molar-refractivity contribution in [3.05, 3.63) is 76.0 Å². The van der Waals surface area contributed by atoms with Gasteiger partial charge < -0.3 is 10.3 Å². The summed E-state index contributed by atoms with van der Waals surface area (Å²) in [5.41, 5.74) is 8.89. The SMILES string of the molecule is NCc1cccc(Cn2ccnc2-c2cc(Cl)cc(Cl)c2)c1. The highest BCUT2D eigenvalue weighted by molar-refractivity contribution is 6.35. The van der Waals surface area contributed by atoms with Crippen molar-refractivity contribution in [1.29, 1.82) is 0 Å². The number of nitrogens with zero attached hydrogens (tertiary/aromatic N) is 2. The molecule has 3 nitrogen and oxygen atoms in total. The first-order chi connectivity index (χ1) is 10.7. The fraction of sp³-hybridized carbons (Fsp3) is 0.118. The van der Waals surface area contributed by atoms with Gasteiger partial charge in [0.05, 0.1) is 0 Å². The van der Waals surface area contributed by atoms with Gasteiger partial charge in [0.25, 0.3) is 0 Å². The minimum absolute atomic E-state index is 0.536. The summed E-state index contributed by atoms with van der Waals surface area (Å²) in [4.78, 5) is 4.43. The summed E-state index contributed by atoms with van der Waals surface area (Å²) in [6.45, 7) is 1.25. The third-order valence-corrected chi connectivity index (χ3v) is 3.85. The van der Waals surface area contributed by atoms with E-state index in [0.29, 0.717) is 23.1 Å². The van der Waals surface area contributed by atoms with Gasteiger partial charge in [0.1, 0.15) is 5.82 Å². The van der Waals surface area contributed by atoms with E-state index in [1.54, 1.807) is 12.3 Å². The largest absolute Gasteiger partial charge is 0.327 e. The second kappa shape index (κ2) is 6.53. The maximum Gasteiger partial charge on any atom is 0.140 e. The molecule has 3 rings (SSSR count). The van der Waals surface area contributed by atoms with Crippen LogP contribution in [0.15, 0.2) is 54.9 Å². The molecule has 0 saturated carbocycles. The zero-order valence-electron chi connectivity index (χ0n) is 11.8. The zero-order valence-corrected chi connectivity index (χ0v) is 13.3. The van der Waals surface area contributed by atoms with Crippen molar-refractivity contribution >= 4 is 23.2 Å². The summed E-state index contributed by atoms with van der Waals surface area (Å²) in [6, 6.07) is 13.7. The molecule has 0 fully saturated rings. The van der Waals surface area contributed by atoms with Gasteiger partial charge in [-0.15, -0.1) is 0 Å². The van der Waals surface area contributed by atoms with Crippen molar-refractivity contribution in [2.45, 2.75) is 13.1 Å². The summed E-state index contributed by atoms with van der Waals surface area (Å²) in [7, 11) is 0. The highest BCUT2D eigenvalue weighted by Crippen LogP contribution is 2.26. The summed E-state index contributed by atoms with van der Waals surface area (Å²) in [5.74, 6) is 0.836. The Morgan fingerprint density at radius 1 is 1.00 bits per heavy atom. The van der Waals surface area contributed by atoms with Gasteiger partial charge in [-0.1, -0.05) is 47.5 Å². The molecule has 2 aromatic carbocycles. The molecule has 0 spiro atoms. The van der Waals surface area contributed by atoms with Crippen molar-refractivity contribution < 1.29 is 0 Å². The van der Waals surface area contributed by atoms with Crippen LogP contribution in [-0.4, -0.2) is 9.55 Å². The molecule has 3 aromatic rings. The van der Waals surface area contributed by atoms with Crippen LogP contribution in [0.2, 0.25) is 10.0 Å². The molecular formula is C17H15Cl2N3. The minimum atomic E-state index is 0.536. The number of nitrogens with two attached hydrogens (primary N) is 1. The van der Waals surface area contributed by atoms with Gasteiger partial charge in [-0.2, -0.15) is 0 Å². The average molecular weight is 332 g/mol. The van der Waals surface area contributed by atoms with Gasteiger partial charge in [-0.05, 0) is 29.3 Å². The lowest BCUT2D eigenvalue weighted by molar-refractivity contribution is 0.805. The maximum atomic E-state index is 6.08. The highest BCUT2D eigenvalue weighted by atomic mass is 35.5. The summed E-state index contributed by atoms with van der Waals surface area (Å²) in [5, 5.41) is 1.20. The lowest BCUT2D eigenvalue weighted by Crippen LogP contribution is -2.03. The Morgan fingerprint density at radius 2 is 1.73 bits per heavy atom. The maximum absolute atomic E-state index is 6.08. The van der Waals surface area contributed by atoms with Crippen molar-refractivity contribution in [3.63, 3.8) is 0 Å². The molecule has 0 bridgehead atoms. The average Bonchev–Trinajstić information content (AvgIpc) is 2.94. The van der Waals surface area contributed by atoms with Crippen LogP contribution >= 0.6 is 23.2 Å². The number of rotatable bonds is 4. The molecule has 1 aromatic heterocycles. The summed E-state index contributed by atoms with van der Waals surface area (Å²) in [6.07, 6.45) is 3.72. The third-order valence-electron chi connectivity index (χ3n) is 3.42. The monoisotopic (exact) mass is 331 g/mol. The number of halogens is 2. The Morgan fingerprint density at radius 3 is 2.45 bits per heavy atom. The Kier molecular flexibility index (Phi) is 4.48. The molecule has 0 saturated heterocycles. The number of aromatic nitrogens is 2. The molecule has 0 atom stereocenters. The van der Waals surface area contributed by atoms with Crippen LogP contribution in [0.5, 0.6) is 0 Å². The second-order valence-electron chi connectivity index (χ2n) is 5.06. The highest BCUT2D eigenvalue weighted by Gasteiger charge is 2.09. The third kappa shape index (κ3) is 3.33. The fourth-order valence-electron chi connectivity index (χ4n) is 2.43. The van der Waals surface area contributed by atoms with E-state index >= 15 is 0 Å². The molecule has 0 aliphatic carbocycles. The van der Waals surface area contributed by atoms with E-state index in [0.717, 1.165) is 17.0 Å². The van der Waals surface area contributed by atoms with E-state index in [1.807, 2.05) is 30.5 Å². The first kappa shape index (κ1) is 15.1. The second-order valence-corrected chi connectivity index (χ2v) is 5.93. The molecule has 0 radical (unpaired) electrons. The van der Waals surface area contributed by atoms with Crippen LogP contribution in [0.4, 0.5) is 0 Å². The van der Waals surface area contributed by atoms with Crippen molar-refractivity contribution in [3.8, 4) is 11.4 Å². The summed E-state index contributed by atoms with van der Waals surface area (Å²) < 4.78 is 2.07. The topological polar surface area (TPSA) is 43.8 Å². The quantitative estimate of drug-likeness (QED) is 0.771. The lowest BCUT2D eigenvalue weighted by Gasteiger charge is -2.10. The number of imidazole rings is 1. The van der Waals surface area contributed by atoms with Crippen LogP contribution in [-0.2, 0) is 13.1 Å². The van der Waals surface area contributed by atoms with E-state index < -0.39 is 0 Å². The molecule has 0 aliphatic rings. The van der Waals surface area contributed by atoms with E-state index in [2.05, 4.69) is 21.7 Å². The van der Waals surface area contributed by atoms with Crippen LogP contribution in [0, 0.1) is 0 Å². The number of hydrogen-bond acceptors (Lipinski definition) is 2. The van der Waals surface area contributed by atoms with Crippen LogP contribution in [0.1, 0.15) is 11.1 Å². The lowest BCUT2D eigenvalue weighted by atomic mass is 10.1. The normalized spacial score (nSPS) is 10.9. The minimum Gasteiger partial charge on any atom is -0.327 e. The Bertz CT molecular complexity index is 776. The van der Waals surface area contributed by atoms with Crippen LogP contribution in [0.25, 0.3) is 11.4 Å².